The van der Waals surface area contributed by atoms with Gasteiger partial charge in [0, 0.05) is 5.69 Å². The second kappa shape index (κ2) is 8.90. The molecule has 3 aromatic rings. The van der Waals surface area contributed by atoms with E-state index in [1.54, 1.807) is 36.4 Å². The summed E-state index contributed by atoms with van der Waals surface area (Å²) in [6.45, 7) is 7.87. The first kappa shape index (κ1) is 22.9. The summed E-state index contributed by atoms with van der Waals surface area (Å²) in [6.07, 6.45) is -0.995. The van der Waals surface area contributed by atoms with Gasteiger partial charge in [-0.1, -0.05) is 49.7 Å². The van der Waals surface area contributed by atoms with Gasteiger partial charge in [-0.3, -0.25) is 9.10 Å². The molecule has 6 nitrogen and oxygen atoms in total. The first-order valence-corrected chi connectivity index (χ1v) is 12.4. The fourth-order valence-electron chi connectivity index (χ4n) is 3.74. The molecule has 0 aliphatic carbocycles. The van der Waals surface area contributed by atoms with E-state index in [4.69, 9.17) is 4.74 Å². The lowest BCUT2D eigenvalue weighted by molar-refractivity contribution is -0.122. The Labute approximate surface area is 195 Å². The molecule has 1 aliphatic rings. The van der Waals surface area contributed by atoms with Gasteiger partial charge in [0.2, 0.25) is 0 Å². The van der Waals surface area contributed by atoms with Crippen LogP contribution < -0.4 is 14.4 Å². The number of fused-ring (bicyclic) bond motifs is 1. The molecule has 1 N–H and O–H groups in total. The maximum atomic E-state index is 13.5. The van der Waals surface area contributed by atoms with Gasteiger partial charge in [-0.2, -0.15) is 0 Å². The van der Waals surface area contributed by atoms with Gasteiger partial charge in [0.1, 0.15) is 5.75 Å². The highest BCUT2D eigenvalue weighted by atomic mass is 32.2. The second-order valence-corrected chi connectivity index (χ2v) is 10.6. The minimum Gasteiger partial charge on any atom is -0.476 e. The summed E-state index contributed by atoms with van der Waals surface area (Å²) in [5.74, 6) is 0.345. The molecule has 0 saturated heterocycles. The molecule has 0 spiro atoms. The molecule has 0 radical (unpaired) electrons. The molecule has 7 heteroatoms. The highest BCUT2D eigenvalue weighted by Gasteiger charge is 2.37. The lowest BCUT2D eigenvalue weighted by Crippen LogP contribution is -2.48. The van der Waals surface area contributed by atoms with Crippen LogP contribution >= 0.6 is 0 Å². The minimum atomic E-state index is -3.89. The summed E-state index contributed by atoms with van der Waals surface area (Å²) in [6, 6.07) is 19.6. The van der Waals surface area contributed by atoms with Crippen LogP contribution in [0.15, 0.2) is 71.6 Å². The zero-order valence-corrected chi connectivity index (χ0v) is 20.0. The van der Waals surface area contributed by atoms with Gasteiger partial charge in [-0.25, -0.2) is 8.42 Å². The molecular formula is C26H28N2O4S. The number of rotatable bonds is 5. The average molecular weight is 465 g/mol. The quantitative estimate of drug-likeness (QED) is 0.575. The van der Waals surface area contributed by atoms with Gasteiger partial charge in [0.05, 0.1) is 17.1 Å². The number of anilines is 2. The third kappa shape index (κ3) is 4.73. The lowest BCUT2D eigenvalue weighted by Gasteiger charge is -2.35. The maximum Gasteiger partial charge on any atom is 0.267 e. The Bertz CT molecular complexity index is 1270. The fourth-order valence-corrected chi connectivity index (χ4v) is 5.20. The number of hydrogen-bond acceptors (Lipinski definition) is 4. The lowest BCUT2D eigenvalue weighted by atomic mass is 10.0. The van der Waals surface area contributed by atoms with Crippen molar-refractivity contribution in [1.29, 1.82) is 0 Å². The Kier molecular flexibility index (Phi) is 6.17. The minimum absolute atomic E-state index is 0.122. The number of carbonyl (C=O) groups excluding carboxylic acids is 1. The number of nitrogens with one attached hydrogen (secondary N) is 1. The van der Waals surface area contributed by atoms with Crippen molar-refractivity contribution in [2.75, 3.05) is 16.2 Å². The van der Waals surface area contributed by atoms with Crippen molar-refractivity contribution in [3.63, 3.8) is 0 Å². The van der Waals surface area contributed by atoms with E-state index in [0.29, 0.717) is 23.0 Å². The molecule has 0 saturated carbocycles. The van der Waals surface area contributed by atoms with Gasteiger partial charge < -0.3 is 10.1 Å². The highest BCUT2D eigenvalue weighted by molar-refractivity contribution is 7.92. The number of sulfonamides is 1. The van der Waals surface area contributed by atoms with Crippen molar-refractivity contribution < 1.29 is 17.9 Å². The van der Waals surface area contributed by atoms with E-state index in [1.807, 2.05) is 44.2 Å². The predicted molar refractivity (Wildman–Crippen MR) is 130 cm³/mol. The highest BCUT2D eigenvalue weighted by Crippen LogP contribution is 2.38. The summed E-state index contributed by atoms with van der Waals surface area (Å²) in [5, 5.41) is 2.85. The summed E-state index contributed by atoms with van der Waals surface area (Å²) >= 11 is 0. The Balaban J connectivity index is 1.64. The summed E-state index contributed by atoms with van der Waals surface area (Å²) < 4.78 is 34.3. The van der Waals surface area contributed by atoms with E-state index >= 15 is 0 Å². The summed E-state index contributed by atoms with van der Waals surface area (Å²) in [4.78, 5) is 13.2. The molecule has 3 aromatic carbocycles. The van der Waals surface area contributed by atoms with E-state index in [9.17, 15) is 13.2 Å². The number of carbonyl (C=O) groups is 1. The Hall–Kier alpha value is -3.32. The third-order valence-corrected chi connectivity index (χ3v) is 7.52. The third-order valence-electron chi connectivity index (χ3n) is 5.73. The van der Waals surface area contributed by atoms with Crippen LogP contribution in [-0.2, 0) is 14.8 Å². The van der Waals surface area contributed by atoms with E-state index in [0.717, 1.165) is 11.1 Å². The zero-order valence-electron chi connectivity index (χ0n) is 19.2. The number of ether oxygens (including phenoxy) is 1. The smallest absolute Gasteiger partial charge is 0.267 e. The fraction of sp³-hybridized carbons (Fsp3) is 0.269. The van der Waals surface area contributed by atoms with E-state index in [1.165, 1.54) is 9.87 Å². The molecule has 33 heavy (non-hydrogen) atoms. The maximum absolute atomic E-state index is 13.5. The van der Waals surface area contributed by atoms with Gasteiger partial charge in [-0.15, -0.1) is 0 Å². The van der Waals surface area contributed by atoms with Crippen molar-refractivity contribution in [2.24, 2.45) is 0 Å². The van der Waals surface area contributed by atoms with Crippen LogP contribution in [0.25, 0.3) is 0 Å². The second-order valence-electron chi connectivity index (χ2n) is 8.69. The first-order valence-electron chi connectivity index (χ1n) is 10.9. The topological polar surface area (TPSA) is 75.7 Å². The summed E-state index contributed by atoms with van der Waals surface area (Å²) in [7, 11) is -3.89. The van der Waals surface area contributed by atoms with Crippen LogP contribution in [-0.4, -0.2) is 27.0 Å². The monoisotopic (exact) mass is 464 g/mol. The molecule has 0 bridgehead atoms. The number of aryl methyl sites for hydroxylation is 2. The molecule has 0 fully saturated rings. The van der Waals surface area contributed by atoms with Crippen LogP contribution in [0.1, 0.15) is 36.5 Å². The molecule has 4 rings (SSSR count). The average Bonchev–Trinajstić information content (AvgIpc) is 2.79. The molecule has 1 atom stereocenters. The van der Waals surface area contributed by atoms with Gasteiger partial charge >= 0.3 is 0 Å². The predicted octanol–water partition coefficient (Wildman–Crippen LogP) is 5.02. The van der Waals surface area contributed by atoms with Crippen LogP contribution in [0.4, 0.5) is 11.4 Å². The van der Waals surface area contributed by atoms with E-state index in [-0.39, 0.29) is 11.4 Å². The molecular weight excluding hydrogens is 436 g/mol. The zero-order chi connectivity index (χ0) is 23.8. The Morgan fingerprint density at radius 1 is 0.970 bits per heavy atom. The van der Waals surface area contributed by atoms with E-state index in [2.05, 4.69) is 19.2 Å². The van der Waals surface area contributed by atoms with Gasteiger partial charge in [-0.05, 0) is 67.3 Å². The first-order chi connectivity index (χ1) is 15.6. The standard InChI is InChI=1S/C26H28N2O4S/c1-17(2)20-8-10-21(11-9-20)27-26(29)25-16-28(23-15-19(4)7-14-24(23)32-25)33(30,31)22-12-5-18(3)6-13-22/h5-15,17,25H,16H2,1-4H3,(H,27,29)/t25-/m0/s1. The number of hydrogen-bond donors (Lipinski definition) is 1. The van der Waals surface area contributed by atoms with Crippen LogP contribution in [0.2, 0.25) is 0 Å². The largest absolute Gasteiger partial charge is 0.476 e. The van der Waals surface area contributed by atoms with E-state index < -0.39 is 22.0 Å². The van der Waals surface area contributed by atoms with Crippen LogP contribution in [0.5, 0.6) is 5.75 Å². The van der Waals surface area contributed by atoms with Crippen molar-refractivity contribution in [2.45, 2.75) is 44.6 Å². The molecule has 0 unspecified atom stereocenters. The molecule has 1 aliphatic heterocycles. The number of nitrogens with zero attached hydrogens (tertiary/aromatic N) is 1. The van der Waals surface area contributed by atoms with Crippen molar-refractivity contribution >= 4 is 27.3 Å². The summed E-state index contributed by atoms with van der Waals surface area (Å²) in [5.41, 5.74) is 4.10. The molecule has 1 amide bonds. The van der Waals surface area contributed by atoms with Crippen molar-refractivity contribution in [3.8, 4) is 5.75 Å². The van der Waals surface area contributed by atoms with Crippen LogP contribution in [0.3, 0.4) is 0 Å². The van der Waals surface area contributed by atoms with Gasteiger partial charge in [0.15, 0.2) is 6.10 Å². The van der Waals surface area contributed by atoms with Gasteiger partial charge in [0.25, 0.3) is 15.9 Å². The van der Waals surface area contributed by atoms with Crippen molar-refractivity contribution in [1.82, 2.24) is 0 Å². The molecule has 0 aromatic heterocycles. The van der Waals surface area contributed by atoms with Crippen molar-refractivity contribution in [3.05, 3.63) is 83.4 Å². The molecule has 172 valence electrons. The normalized spacial score (nSPS) is 15.7. The number of amides is 1. The molecule has 1 heterocycles. The SMILES string of the molecule is Cc1ccc(S(=O)(=O)N2C[C@@H](C(=O)Nc3ccc(C(C)C)cc3)Oc3ccc(C)cc32)cc1. The Morgan fingerprint density at radius 3 is 2.24 bits per heavy atom. The van der Waals surface area contributed by atoms with Crippen LogP contribution in [0, 0.1) is 13.8 Å². The Morgan fingerprint density at radius 2 is 1.61 bits per heavy atom. The number of benzene rings is 3.